The summed E-state index contributed by atoms with van der Waals surface area (Å²) in [7, 11) is 0. The van der Waals surface area contributed by atoms with Crippen molar-refractivity contribution in [3.05, 3.63) is 46.6 Å². The van der Waals surface area contributed by atoms with Crippen LogP contribution in [0.5, 0.6) is 0 Å². The van der Waals surface area contributed by atoms with Crippen LogP contribution < -0.4 is 5.32 Å². The van der Waals surface area contributed by atoms with Gasteiger partial charge in [0, 0.05) is 50.0 Å². The Bertz CT molecular complexity index is 817. The first kappa shape index (κ1) is 21.4. The predicted molar refractivity (Wildman–Crippen MR) is 114 cm³/mol. The Balaban J connectivity index is 1.50. The predicted octanol–water partition coefficient (Wildman–Crippen LogP) is 2.64. The molecule has 1 aliphatic rings. The minimum absolute atomic E-state index is 0.0948. The number of thiophene rings is 1. The summed E-state index contributed by atoms with van der Waals surface area (Å²) >= 11 is 1.44. The fourth-order valence-electron chi connectivity index (χ4n) is 3.29. The number of aromatic nitrogens is 1. The maximum absolute atomic E-state index is 12.6. The maximum Gasteiger partial charge on any atom is 0.341 e. The summed E-state index contributed by atoms with van der Waals surface area (Å²) in [6, 6.07) is 5.88. The van der Waals surface area contributed by atoms with Gasteiger partial charge in [-0.2, -0.15) is 0 Å². The van der Waals surface area contributed by atoms with Gasteiger partial charge in [-0.05, 0) is 37.1 Å². The van der Waals surface area contributed by atoms with Crippen LogP contribution in [-0.4, -0.2) is 66.0 Å². The Hall–Kier alpha value is -2.29. The second-order valence-corrected chi connectivity index (χ2v) is 8.12. The number of nitrogens with one attached hydrogen (secondary N) is 1. The van der Waals surface area contributed by atoms with E-state index < -0.39 is 0 Å². The van der Waals surface area contributed by atoms with Crippen LogP contribution in [0.2, 0.25) is 0 Å². The second-order valence-electron chi connectivity index (χ2n) is 6.99. The fourth-order valence-corrected chi connectivity index (χ4v) is 4.29. The summed E-state index contributed by atoms with van der Waals surface area (Å²) in [5.74, 6) is -0.480. The van der Waals surface area contributed by atoms with Gasteiger partial charge in [0.15, 0.2) is 0 Å². The number of nitrogens with zero attached hydrogens (tertiary/aromatic N) is 3. The normalized spacial score (nSPS) is 15.2. The average molecular weight is 417 g/mol. The van der Waals surface area contributed by atoms with Gasteiger partial charge in [-0.3, -0.25) is 19.6 Å². The molecule has 0 bridgehead atoms. The molecule has 3 rings (SSSR count). The number of hydrogen-bond donors (Lipinski definition) is 1. The number of amides is 1. The zero-order valence-corrected chi connectivity index (χ0v) is 17.8. The highest BCUT2D eigenvalue weighted by Crippen LogP contribution is 2.29. The number of carbonyl (C=O) groups excluding carboxylic acids is 2. The lowest BCUT2D eigenvalue weighted by atomic mass is 10.2. The third kappa shape index (κ3) is 6.09. The van der Waals surface area contributed by atoms with Gasteiger partial charge < -0.3 is 10.1 Å². The van der Waals surface area contributed by atoms with Crippen molar-refractivity contribution in [2.24, 2.45) is 0 Å². The van der Waals surface area contributed by atoms with Gasteiger partial charge in [-0.15, -0.1) is 11.3 Å². The number of ether oxygens (including phenoxy) is 1. The van der Waals surface area contributed by atoms with Gasteiger partial charge in [0.2, 0.25) is 5.91 Å². The molecule has 2 aromatic rings. The van der Waals surface area contributed by atoms with Crippen LogP contribution in [0, 0.1) is 0 Å². The summed E-state index contributed by atoms with van der Waals surface area (Å²) in [6.45, 7) is 8.86. The molecule has 1 aliphatic heterocycles. The molecule has 8 heteroatoms. The number of rotatable bonds is 8. The van der Waals surface area contributed by atoms with Crippen LogP contribution in [0.4, 0.5) is 5.00 Å². The summed E-state index contributed by atoms with van der Waals surface area (Å²) in [6.07, 6.45) is 4.44. The van der Waals surface area contributed by atoms with Crippen molar-refractivity contribution in [1.29, 1.82) is 0 Å². The molecule has 1 saturated heterocycles. The third-order valence-corrected chi connectivity index (χ3v) is 6.06. The summed E-state index contributed by atoms with van der Waals surface area (Å²) in [5.41, 5.74) is 1.70. The number of hydrogen-bond acceptors (Lipinski definition) is 7. The first-order valence-corrected chi connectivity index (χ1v) is 10.8. The van der Waals surface area contributed by atoms with Crippen molar-refractivity contribution in [3.63, 3.8) is 0 Å². The molecule has 1 fully saturated rings. The second kappa shape index (κ2) is 10.5. The summed E-state index contributed by atoms with van der Waals surface area (Å²) in [5, 5.41) is 3.50. The van der Waals surface area contributed by atoms with Crippen LogP contribution in [-0.2, 0) is 22.5 Å². The highest BCUT2D eigenvalue weighted by molar-refractivity contribution is 7.16. The zero-order chi connectivity index (χ0) is 20.6. The van der Waals surface area contributed by atoms with E-state index in [9.17, 15) is 9.59 Å². The molecule has 0 atom stereocenters. The van der Waals surface area contributed by atoms with Crippen molar-refractivity contribution < 1.29 is 14.3 Å². The first-order valence-electron chi connectivity index (χ1n) is 10.0. The van der Waals surface area contributed by atoms with Gasteiger partial charge in [0.05, 0.1) is 18.7 Å². The Morgan fingerprint density at radius 1 is 1.14 bits per heavy atom. The fraction of sp³-hybridized carbons (Fsp3) is 0.476. The van der Waals surface area contributed by atoms with E-state index in [2.05, 4.69) is 20.1 Å². The van der Waals surface area contributed by atoms with E-state index in [1.54, 1.807) is 6.92 Å². The van der Waals surface area contributed by atoms with Crippen molar-refractivity contribution in [3.8, 4) is 0 Å². The van der Waals surface area contributed by atoms with Crippen molar-refractivity contribution in [1.82, 2.24) is 14.8 Å². The van der Waals surface area contributed by atoms with Crippen LogP contribution in [0.3, 0.4) is 0 Å². The number of esters is 1. The Morgan fingerprint density at radius 2 is 1.83 bits per heavy atom. The van der Waals surface area contributed by atoms with Gasteiger partial charge in [-0.25, -0.2) is 4.79 Å². The molecule has 29 heavy (non-hydrogen) atoms. The van der Waals surface area contributed by atoms with Gasteiger partial charge >= 0.3 is 5.97 Å². The van der Waals surface area contributed by atoms with Crippen LogP contribution >= 0.6 is 11.3 Å². The maximum atomic E-state index is 12.6. The molecular weight excluding hydrogens is 388 g/mol. The van der Waals surface area contributed by atoms with Gasteiger partial charge in [0.25, 0.3) is 0 Å². The standard InChI is InChI=1S/C21H28N4O3S/c1-3-17-13-18(21(27)28-4-2)20(29-17)23-19(26)15-25-11-9-24(10-12-25)14-16-5-7-22-8-6-16/h5-8,13H,3-4,9-12,14-15H2,1-2H3,(H,23,26). The van der Waals surface area contributed by atoms with Gasteiger partial charge in [-0.1, -0.05) is 6.92 Å². The molecule has 0 aliphatic carbocycles. The third-order valence-electron chi connectivity index (χ3n) is 4.87. The van der Waals surface area contributed by atoms with E-state index in [0.29, 0.717) is 23.7 Å². The Morgan fingerprint density at radius 3 is 2.48 bits per heavy atom. The van der Waals surface area contributed by atoms with E-state index >= 15 is 0 Å². The van der Waals surface area contributed by atoms with Crippen LogP contribution in [0.1, 0.15) is 34.6 Å². The highest BCUT2D eigenvalue weighted by atomic mass is 32.1. The van der Waals surface area contributed by atoms with E-state index in [1.165, 1.54) is 16.9 Å². The lowest BCUT2D eigenvalue weighted by Crippen LogP contribution is -2.48. The molecule has 0 saturated carbocycles. The minimum atomic E-state index is -0.386. The monoisotopic (exact) mass is 416 g/mol. The number of piperazine rings is 1. The molecule has 0 spiro atoms. The quantitative estimate of drug-likeness (QED) is 0.667. The summed E-state index contributed by atoms with van der Waals surface area (Å²) < 4.78 is 5.12. The average Bonchev–Trinajstić information content (AvgIpc) is 3.13. The topological polar surface area (TPSA) is 74.8 Å². The number of anilines is 1. The lowest BCUT2D eigenvalue weighted by molar-refractivity contribution is -0.117. The zero-order valence-electron chi connectivity index (χ0n) is 17.0. The van der Waals surface area contributed by atoms with Crippen molar-refractivity contribution in [2.75, 3.05) is 44.6 Å². The number of pyridine rings is 1. The van der Waals surface area contributed by atoms with Crippen molar-refractivity contribution in [2.45, 2.75) is 26.8 Å². The molecule has 1 amide bonds. The Labute approximate surface area is 175 Å². The van der Waals surface area contributed by atoms with Gasteiger partial charge in [0.1, 0.15) is 5.00 Å². The van der Waals surface area contributed by atoms with E-state index in [0.717, 1.165) is 44.0 Å². The Kier molecular flexibility index (Phi) is 7.74. The molecule has 3 heterocycles. The molecule has 7 nitrogen and oxygen atoms in total. The molecular formula is C21H28N4O3S. The van der Waals surface area contributed by atoms with E-state index in [4.69, 9.17) is 4.74 Å². The van der Waals surface area contributed by atoms with Crippen LogP contribution in [0.15, 0.2) is 30.6 Å². The number of carbonyl (C=O) groups is 2. The minimum Gasteiger partial charge on any atom is -0.462 e. The number of aryl methyl sites for hydroxylation is 1. The SMILES string of the molecule is CCOC(=O)c1cc(CC)sc1NC(=O)CN1CCN(Cc2ccncc2)CC1. The molecule has 0 radical (unpaired) electrons. The van der Waals surface area contributed by atoms with E-state index in [-0.39, 0.29) is 11.9 Å². The van der Waals surface area contributed by atoms with Crippen LogP contribution in [0.25, 0.3) is 0 Å². The molecule has 0 unspecified atom stereocenters. The molecule has 156 valence electrons. The molecule has 0 aromatic carbocycles. The molecule has 1 N–H and O–H groups in total. The highest BCUT2D eigenvalue weighted by Gasteiger charge is 2.22. The van der Waals surface area contributed by atoms with E-state index in [1.807, 2.05) is 37.5 Å². The lowest BCUT2D eigenvalue weighted by Gasteiger charge is -2.34. The first-order chi connectivity index (χ1) is 14.1. The molecule has 2 aromatic heterocycles. The largest absolute Gasteiger partial charge is 0.462 e. The smallest absolute Gasteiger partial charge is 0.341 e. The summed E-state index contributed by atoms with van der Waals surface area (Å²) in [4.78, 5) is 34.4. The van der Waals surface area contributed by atoms with Crippen molar-refractivity contribution >= 4 is 28.2 Å².